The number of hydrogen-bond acceptors (Lipinski definition) is 2. The van der Waals surface area contributed by atoms with Crippen LogP contribution in [0.3, 0.4) is 0 Å². The Morgan fingerprint density at radius 3 is 1.62 bits per heavy atom. The van der Waals surface area contributed by atoms with Crippen molar-refractivity contribution in [3.63, 3.8) is 0 Å². The summed E-state index contributed by atoms with van der Waals surface area (Å²) < 4.78 is 4.82. The molecule has 11 aromatic rings. The average Bonchev–Trinajstić information content (AvgIpc) is 3.73. The maximum Gasteiger partial charge on any atom is 0.160 e. The standard InChI is InChI=1S/C48H30N4/c1-2-13-32(14-3-1)47-37-16-6-9-19-40(37)49-48(50-47)33-23-25-35(26-24-33)51-41-20-10-7-17-38(41)45-43(51)28-29-44-46(45)39-18-8-11-21-42(39)52(44)36-27-22-31-12-4-5-15-34(31)30-36/h1-30H. The number of benzene rings is 8. The minimum atomic E-state index is 0.717. The molecular formula is C48H30N4. The summed E-state index contributed by atoms with van der Waals surface area (Å²) in [5.41, 5.74) is 10.9. The Hall–Kier alpha value is -7.04. The van der Waals surface area contributed by atoms with E-state index < -0.39 is 0 Å². The van der Waals surface area contributed by atoms with E-state index in [0.29, 0.717) is 0 Å². The predicted octanol–water partition coefficient (Wildman–Crippen LogP) is 12.3. The molecule has 0 saturated carbocycles. The van der Waals surface area contributed by atoms with Crippen molar-refractivity contribution in [1.29, 1.82) is 0 Å². The summed E-state index contributed by atoms with van der Waals surface area (Å²) in [6.07, 6.45) is 0. The van der Waals surface area contributed by atoms with Gasteiger partial charge in [0.05, 0.1) is 33.3 Å². The van der Waals surface area contributed by atoms with Gasteiger partial charge in [0, 0.05) is 49.4 Å². The van der Waals surface area contributed by atoms with Crippen LogP contribution >= 0.6 is 0 Å². The molecule has 4 heteroatoms. The van der Waals surface area contributed by atoms with Gasteiger partial charge in [-0.05, 0) is 77.5 Å². The summed E-state index contributed by atoms with van der Waals surface area (Å²) in [5.74, 6) is 0.717. The predicted molar refractivity (Wildman–Crippen MR) is 217 cm³/mol. The van der Waals surface area contributed by atoms with E-state index in [1.807, 2.05) is 18.2 Å². The second-order valence-corrected chi connectivity index (χ2v) is 13.4. The molecule has 0 radical (unpaired) electrons. The van der Waals surface area contributed by atoms with E-state index in [-0.39, 0.29) is 0 Å². The first-order chi connectivity index (χ1) is 25.8. The van der Waals surface area contributed by atoms with Gasteiger partial charge in [-0.25, -0.2) is 9.97 Å². The number of rotatable bonds is 4. The van der Waals surface area contributed by atoms with Crippen molar-refractivity contribution >= 4 is 65.3 Å². The van der Waals surface area contributed by atoms with Crippen LogP contribution in [-0.2, 0) is 0 Å². The molecule has 0 aliphatic carbocycles. The Morgan fingerprint density at radius 1 is 0.346 bits per heavy atom. The molecule has 0 amide bonds. The van der Waals surface area contributed by atoms with E-state index >= 15 is 0 Å². The lowest BCUT2D eigenvalue weighted by molar-refractivity contribution is 1.17. The van der Waals surface area contributed by atoms with Gasteiger partial charge in [0.1, 0.15) is 0 Å². The van der Waals surface area contributed by atoms with Crippen LogP contribution in [0.15, 0.2) is 182 Å². The second kappa shape index (κ2) is 11.2. The summed E-state index contributed by atoms with van der Waals surface area (Å²) >= 11 is 0. The zero-order valence-electron chi connectivity index (χ0n) is 28.1. The highest BCUT2D eigenvalue weighted by molar-refractivity contribution is 6.29. The van der Waals surface area contributed by atoms with Gasteiger partial charge in [0.2, 0.25) is 0 Å². The van der Waals surface area contributed by atoms with Crippen LogP contribution in [0.25, 0.3) is 99.3 Å². The highest BCUT2D eigenvalue weighted by atomic mass is 15.0. The van der Waals surface area contributed by atoms with Crippen LogP contribution in [-0.4, -0.2) is 19.1 Å². The molecule has 0 aliphatic rings. The van der Waals surface area contributed by atoms with Crippen molar-refractivity contribution < 1.29 is 0 Å². The Morgan fingerprint density at radius 2 is 0.904 bits per heavy atom. The van der Waals surface area contributed by atoms with Crippen LogP contribution in [0.2, 0.25) is 0 Å². The summed E-state index contributed by atoms with van der Waals surface area (Å²) in [5, 5.41) is 8.54. The molecular weight excluding hydrogens is 633 g/mol. The van der Waals surface area contributed by atoms with Crippen molar-refractivity contribution in [2.45, 2.75) is 0 Å². The molecule has 3 aromatic heterocycles. The summed E-state index contributed by atoms with van der Waals surface area (Å²) in [6.45, 7) is 0. The monoisotopic (exact) mass is 662 g/mol. The maximum absolute atomic E-state index is 5.12. The molecule has 0 spiro atoms. The van der Waals surface area contributed by atoms with Crippen LogP contribution < -0.4 is 0 Å². The topological polar surface area (TPSA) is 35.6 Å². The third kappa shape index (κ3) is 4.28. The third-order valence-electron chi connectivity index (χ3n) is 10.5. The lowest BCUT2D eigenvalue weighted by Gasteiger charge is -2.11. The fourth-order valence-corrected chi connectivity index (χ4v) is 8.17. The molecule has 0 fully saturated rings. The zero-order chi connectivity index (χ0) is 34.2. The zero-order valence-corrected chi connectivity index (χ0v) is 28.1. The van der Waals surface area contributed by atoms with Gasteiger partial charge in [-0.2, -0.15) is 0 Å². The maximum atomic E-state index is 5.12. The molecule has 0 bridgehead atoms. The van der Waals surface area contributed by atoms with E-state index in [4.69, 9.17) is 9.97 Å². The molecule has 11 rings (SSSR count). The normalized spacial score (nSPS) is 11.8. The van der Waals surface area contributed by atoms with Crippen LogP contribution in [0, 0.1) is 0 Å². The highest BCUT2D eigenvalue weighted by Crippen LogP contribution is 2.42. The van der Waals surface area contributed by atoms with Crippen molar-refractivity contribution in [1.82, 2.24) is 19.1 Å². The number of fused-ring (bicyclic) bond motifs is 9. The molecule has 0 unspecified atom stereocenters. The summed E-state index contributed by atoms with van der Waals surface area (Å²) in [7, 11) is 0. The van der Waals surface area contributed by atoms with E-state index in [1.165, 1.54) is 54.4 Å². The quantitative estimate of drug-likeness (QED) is 0.188. The van der Waals surface area contributed by atoms with Crippen molar-refractivity contribution in [2.75, 3.05) is 0 Å². The largest absolute Gasteiger partial charge is 0.309 e. The Balaban J connectivity index is 1.11. The first-order valence-electron chi connectivity index (χ1n) is 17.7. The molecule has 0 N–H and O–H groups in total. The second-order valence-electron chi connectivity index (χ2n) is 13.4. The highest BCUT2D eigenvalue weighted by Gasteiger charge is 2.21. The summed E-state index contributed by atoms with van der Waals surface area (Å²) in [6, 6.07) is 64.8. The smallest absolute Gasteiger partial charge is 0.160 e. The van der Waals surface area contributed by atoms with Crippen molar-refractivity contribution in [3.05, 3.63) is 182 Å². The fourth-order valence-electron chi connectivity index (χ4n) is 8.17. The molecule has 52 heavy (non-hydrogen) atoms. The van der Waals surface area contributed by atoms with Gasteiger partial charge in [0.25, 0.3) is 0 Å². The minimum absolute atomic E-state index is 0.717. The number of para-hydroxylation sites is 3. The Labute approximate surface area is 299 Å². The van der Waals surface area contributed by atoms with Crippen LogP contribution in [0.5, 0.6) is 0 Å². The molecule has 0 aliphatic heterocycles. The van der Waals surface area contributed by atoms with E-state index in [2.05, 4.69) is 173 Å². The Kier molecular flexibility index (Phi) is 6.22. The van der Waals surface area contributed by atoms with Gasteiger partial charge in [-0.15, -0.1) is 0 Å². The van der Waals surface area contributed by atoms with Crippen molar-refractivity contribution in [2.24, 2.45) is 0 Å². The summed E-state index contributed by atoms with van der Waals surface area (Å²) in [4.78, 5) is 10.1. The average molecular weight is 663 g/mol. The van der Waals surface area contributed by atoms with Gasteiger partial charge < -0.3 is 9.13 Å². The molecule has 4 nitrogen and oxygen atoms in total. The fraction of sp³-hybridized carbons (Fsp3) is 0. The molecule has 0 atom stereocenters. The van der Waals surface area contributed by atoms with Crippen LogP contribution in [0.4, 0.5) is 0 Å². The van der Waals surface area contributed by atoms with Gasteiger partial charge in [-0.3, -0.25) is 0 Å². The lowest BCUT2D eigenvalue weighted by atomic mass is 10.1. The molecule has 8 aromatic carbocycles. The number of aromatic nitrogens is 4. The number of hydrogen-bond donors (Lipinski definition) is 0. The first-order valence-corrected chi connectivity index (χ1v) is 17.7. The van der Waals surface area contributed by atoms with E-state index in [1.54, 1.807) is 0 Å². The van der Waals surface area contributed by atoms with Gasteiger partial charge in [0.15, 0.2) is 5.82 Å². The first kappa shape index (κ1) is 28.8. The molecule has 3 heterocycles. The van der Waals surface area contributed by atoms with E-state index in [0.717, 1.165) is 44.9 Å². The molecule has 242 valence electrons. The SMILES string of the molecule is c1ccc(-c2nc(-c3ccc(-n4c5ccccc5c5c6c7ccccc7n(-c7ccc8ccccc8c7)c6ccc54)cc3)nc3ccccc23)cc1. The van der Waals surface area contributed by atoms with Gasteiger partial charge >= 0.3 is 0 Å². The van der Waals surface area contributed by atoms with Crippen LogP contribution in [0.1, 0.15) is 0 Å². The van der Waals surface area contributed by atoms with Gasteiger partial charge in [-0.1, -0.05) is 115 Å². The third-order valence-corrected chi connectivity index (χ3v) is 10.5. The lowest BCUT2D eigenvalue weighted by Crippen LogP contribution is -1.97. The van der Waals surface area contributed by atoms with E-state index in [9.17, 15) is 0 Å². The molecule has 0 saturated heterocycles. The van der Waals surface area contributed by atoms with Crippen molar-refractivity contribution in [3.8, 4) is 34.0 Å². The number of nitrogens with zero attached hydrogens (tertiary/aromatic N) is 4. The minimum Gasteiger partial charge on any atom is -0.309 e. The Bertz CT molecular complexity index is 3170.